The van der Waals surface area contributed by atoms with Crippen LogP contribution in [0.1, 0.15) is 24.0 Å². The van der Waals surface area contributed by atoms with Crippen molar-refractivity contribution >= 4 is 10.0 Å². The normalized spacial score (nSPS) is 16.1. The van der Waals surface area contributed by atoms with Crippen LogP contribution in [0.3, 0.4) is 0 Å². The lowest BCUT2D eigenvalue weighted by Crippen LogP contribution is -2.30. The highest BCUT2D eigenvalue weighted by atomic mass is 32.2. The first-order valence-electron chi connectivity index (χ1n) is 7.45. The summed E-state index contributed by atoms with van der Waals surface area (Å²) in [5.41, 5.74) is 1.86. The molecule has 0 atom stereocenters. The van der Waals surface area contributed by atoms with Gasteiger partial charge in [-0.2, -0.15) is 0 Å². The summed E-state index contributed by atoms with van der Waals surface area (Å²) in [7, 11) is -2.30. The van der Waals surface area contributed by atoms with E-state index in [0.717, 1.165) is 30.8 Å². The van der Waals surface area contributed by atoms with E-state index in [1.54, 1.807) is 12.1 Å². The molecular formula is C15H24N2O4S. The first-order valence-corrected chi connectivity index (χ1v) is 8.93. The third kappa shape index (κ3) is 4.19. The minimum atomic E-state index is -3.75. The van der Waals surface area contributed by atoms with Gasteiger partial charge in [-0.3, -0.25) is 4.84 Å². The molecule has 1 aromatic rings. The Bertz CT molecular complexity index is 610. The Morgan fingerprint density at radius 3 is 2.45 bits per heavy atom. The first kappa shape index (κ1) is 17.2. The summed E-state index contributed by atoms with van der Waals surface area (Å²) in [6, 6.07) is 3.31. The van der Waals surface area contributed by atoms with E-state index in [4.69, 9.17) is 9.57 Å². The molecule has 1 aromatic carbocycles. The number of sulfonamides is 1. The Balaban J connectivity index is 1.98. The molecule has 124 valence electrons. The van der Waals surface area contributed by atoms with Crippen molar-refractivity contribution in [1.29, 1.82) is 0 Å². The third-order valence-corrected chi connectivity index (χ3v) is 5.18. The van der Waals surface area contributed by atoms with Gasteiger partial charge in [-0.1, -0.05) is 4.89 Å². The van der Waals surface area contributed by atoms with Gasteiger partial charge < -0.3 is 9.64 Å². The van der Waals surface area contributed by atoms with Gasteiger partial charge in [0.2, 0.25) is 0 Å². The molecule has 1 saturated heterocycles. The summed E-state index contributed by atoms with van der Waals surface area (Å²) in [6.45, 7) is 6.94. The van der Waals surface area contributed by atoms with Crippen molar-refractivity contribution in [2.24, 2.45) is 0 Å². The van der Waals surface area contributed by atoms with E-state index in [1.165, 1.54) is 20.0 Å². The predicted molar refractivity (Wildman–Crippen MR) is 84.4 cm³/mol. The van der Waals surface area contributed by atoms with Crippen LogP contribution in [-0.4, -0.2) is 46.7 Å². The van der Waals surface area contributed by atoms with Gasteiger partial charge in [-0.05, 0) is 63.0 Å². The van der Waals surface area contributed by atoms with Crippen LogP contribution in [0.5, 0.6) is 5.75 Å². The van der Waals surface area contributed by atoms with Gasteiger partial charge in [0.15, 0.2) is 0 Å². The molecule has 22 heavy (non-hydrogen) atoms. The molecule has 6 nitrogen and oxygen atoms in total. The van der Waals surface area contributed by atoms with Gasteiger partial charge in [0, 0.05) is 6.54 Å². The molecule has 0 aromatic heterocycles. The van der Waals surface area contributed by atoms with Crippen LogP contribution in [0.4, 0.5) is 0 Å². The minimum absolute atomic E-state index is 0.0965. The zero-order chi connectivity index (χ0) is 16.2. The Morgan fingerprint density at radius 1 is 1.18 bits per heavy atom. The van der Waals surface area contributed by atoms with Gasteiger partial charge in [-0.15, -0.1) is 0 Å². The van der Waals surface area contributed by atoms with Crippen molar-refractivity contribution < 1.29 is 18.0 Å². The third-order valence-electron chi connectivity index (χ3n) is 3.95. The fourth-order valence-corrected chi connectivity index (χ4v) is 3.55. The topological polar surface area (TPSA) is 67.9 Å². The molecule has 1 aliphatic heterocycles. The monoisotopic (exact) mass is 328 g/mol. The van der Waals surface area contributed by atoms with E-state index in [1.807, 2.05) is 13.8 Å². The first-order chi connectivity index (χ1) is 10.4. The highest BCUT2D eigenvalue weighted by molar-refractivity contribution is 7.89. The van der Waals surface area contributed by atoms with Crippen molar-refractivity contribution in [3.8, 4) is 5.75 Å². The summed E-state index contributed by atoms with van der Waals surface area (Å²) in [4.78, 5) is 9.69. The second-order valence-corrected chi connectivity index (χ2v) is 7.18. The fourth-order valence-electron chi connectivity index (χ4n) is 2.48. The molecule has 2 rings (SSSR count). The predicted octanol–water partition coefficient (Wildman–Crippen LogP) is 1.62. The average Bonchev–Trinajstić information content (AvgIpc) is 2.99. The highest BCUT2D eigenvalue weighted by Gasteiger charge is 2.21. The molecule has 0 spiro atoms. The number of nitrogens with one attached hydrogen (secondary N) is 1. The standard InChI is InChI=1S/C15H24N2O4S/c1-12-10-14(20-3)15(11-13(12)2)22(18,19)16-21-9-8-17-6-4-5-7-17/h10-11,16H,4-9H2,1-3H3. The molecule has 0 unspecified atom stereocenters. The molecule has 0 saturated carbocycles. The van der Waals surface area contributed by atoms with Crippen LogP contribution in [0.2, 0.25) is 0 Å². The quantitative estimate of drug-likeness (QED) is 0.608. The number of likely N-dealkylation sites (tertiary alicyclic amines) is 1. The summed E-state index contributed by atoms with van der Waals surface area (Å²) in [6.07, 6.45) is 2.40. The average molecular weight is 328 g/mol. The number of aryl methyl sites for hydroxylation is 2. The zero-order valence-corrected chi connectivity index (χ0v) is 14.2. The van der Waals surface area contributed by atoms with Crippen molar-refractivity contribution in [3.05, 3.63) is 23.3 Å². The van der Waals surface area contributed by atoms with Gasteiger partial charge in [0.25, 0.3) is 10.0 Å². The number of nitrogens with zero attached hydrogens (tertiary/aromatic N) is 1. The molecule has 0 bridgehead atoms. The lowest BCUT2D eigenvalue weighted by Gasteiger charge is -2.15. The van der Waals surface area contributed by atoms with Crippen molar-refractivity contribution in [2.45, 2.75) is 31.6 Å². The van der Waals surface area contributed by atoms with Gasteiger partial charge in [0.05, 0.1) is 13.7 Å². The van der Waals surface area contributed by atoms with Crippen molar-refractivity contribution in [1.82, 2.24) is 9.79 Å². The zero-order valence-electron chi connectivity index (χ0n) is 13.4. The van der Waals surface area contributed by atoms with Crippen LogP contribution in [0.15, 0.2) is 17.0 Å². The Labute approximate surface area is 132 Å². The van der Waals surface area contributed by atoms with Gasteiger partial charge >= 0.3 is 0 Å². The van der Waals surface area contributed by atoms with E-state index >= 15 is 0 Å². The Kier molecular flexibility index (Phi) is 5.80. The lowest BCUT2D eigenvalue weighted by molar-refractivity contribution is 0.0755. The van der Waals surface area contributed by atoms with E-state index < -0.39 is 10.0 Å². The molecule has 7 heteroatoms. The summed E-state index contributed by atoms with van der Waals surface area (Å²) < 4.78 is 29.9. The van der Waals surface area contributed by atoms with Crippen LogP contribution in [0, 0.1) is 13.8 Å². The molecule has 0 radical (unpaired) electrons. The van der Waals surface area contributed by atoms with E-state index in [9.17, 15) is 8.42 Å². The van der Waals surface area contributed by atoms with Crippen LogP contribution >= 0.6 is 0 Å². The van der Waals surface area contributed by atoms with Gasteiger partial charge in [-0.25, -0.2) is 8.42 Å². The Morgan fingerprint density at radius 2 is 1.82 bits per heavy atom. The fraction of sp³-hybridized carbons (Fsp3) is 0.600. The summed E-state index contributed by atoms with van der Waals surface area (Å²) in [5.74, 6) is 0.318. The van der Waals surface area contributed by atoms with Crippen molar-refractivity contribution in [2.75, 3.05) is 33.4 Å². The number of benzene rings is 1. The van der Waals surface area contributed by atoms with Crippen LogP contribution < -0.4 is 9.62 Å². The highest BCUT2D eigenvalue weighted by Crippen LogP contribution is 2.27. The van der Waals surface area contributed by atoms with E-state index in [2.05, 4.69) is 9.79 Å². The second-order valence-electron chi connectivity index (χ2n) is 5.57. The molecule has 1 heterocycles. The minimum Gasteiger partial charge on any atom is -0.495 e. The maximum atomic E-state index is 12.3. The van der Waals surface area contributed by atoms with Crippen LogP contribution in [-0.2, 0) is 14.9 Å². The number of hydrogen-bond acceptors (Lipinski definition) is 5. The van der Waals surface area contributed by atoms with Crippen molar-refractivity contribution in [3.63, 3.8) is 0 Å². The SMILES string of the molecule is COc1cc(C)c(C)cc1S(=O)(=O)NOCCN1CCCC1. The van der Waals surface area contributed by atoms with E-state index in [-0.39, 0.29) is 4.90 Å². The molecule has 1 fully saturated rings. The smallest absolute Gasteiger partial charge is 0.266 e. The molecule has 0 amide bonds. The summed E-state index contributed by atoms with van der Waals surface area (Å²) >= 11 is 0. The van der Waals surface area contributed by atoms with Crippen LogP contribution in [0.25, 0.3) is 0 Å². The largest absolute Gasteiger partial charge is 0.495 e. The second kappa shape index (κ2) is 7.41. The molecule has 1 N–H and O–H groups in total. The summed E-state index contributed by atoms with van der Waals surface area (Å²) in [5, 5.41) is 0. The van der Waals surface area contributed by atoms with Gasteiger partial charge in [0.1, 0.15) is 10.6 Å². The maximum absolute atomic E-state index is 12.3. The molecular weight excluding hydrogens is 304 g/mol. The number of ether oxygens (including phenoxy) is 1. The number of hydrogen-bond donors (Lipinski definition) is 1. The number of rotatable bonds is 7. The number of methoxy groups -OCH3 is 1. The maximum Gasteiger partial charge on any atom is 0.266 e. The molecule has 1 aliphatic rings. The molecule has 0 aliphatic carbocycles. The van der Waals surface area contributed by atoms with E-state index in [0.29, 0.717) is 12.4 Å². The Hall–Kier alpha value is -1.15. The lowest BCUT2D eigenvalue weighted by atomic mass is 10.1.